The van der Waals surface area contributed by atoms with Crippen LogP contribution in [0.3, 0.4) is 0 Å². The molecule has 1 aliphatic carbocycles. The van der Waals surface area contributed by atoms with Gasteiger partial charge in [0, 0.05) is 88.2 Å². The molecule has 5 N–H and O–H groups in total. The number of ether oxygens (including phenoxy) is 1. The van der Waals surface area contributed by atoms with E-state index >= 15 is 0 Å². The molecule has 3 saturated heterocycles. The van der Waals surface area contributed by atoms with Crippen LogP contribution in [0.5, 0.6) is 0 Å². The van der Waals surface area contributed by atoms with Gasteiger partial charge in [0.05, 0.1) is 19.1 Å². The summed E-state index contributed by atoms with van der Waals surface area (Å²) in [6.45, 7) is 13.9. The molecule has 10 nitrogen and oxygen atoms in total. The first-order valence-corrected chi connectivity index (χ1v) is 16.2. The van der Waals surface area contributed by atoms with Gasteiger partial charge in [0.25, 0.3) is 5.91 Å². The van der Waals surface area contributed by atoms with Gasteiger partial charge >= 0.3 is 0 Å². The molecular weight excluding hydrogens is 530 g/mol. The van der Waals surface area contributed by atoms with Gasteiger partial charge in [0.2, 0.25) is 5.91 Å². The monoisotopic (exact) mass is 583 g/mol. The number of amides is 2. The van der Waals surface area contributed by atoms with Crippen LogP contribution in [0.15, 0.2) is 12.1 Å². The van der Waals surface area contributed by atoms with Crippen molar-refractivity contribution in [2.75, 3.05) is 71.0 Å². The Hall–Kier alpha value is -2.24. The number of hydrazine groups is 1. The van der Waals surface area contributed by atoms with E-state index in [1.807, 2.05) is 6.92 Å². The molecular formula is C32H53N7O3. The maximum atomic E-state index is 13.8. The van der Waals surface area contributed by atoms with Crippen LogP contribution in [0.25, 0.3) is 0 Å². The van der Waals surface area contributed by atoms with Gasteiger partial charge in [-0.05, 0) is 75.1 Å². The summed E-state index contributed by atoms with van der Waals surface area (Å²) < 4.78 is 5.50. The summed E-state index contributed by atoms with van der Waals surface area (Å²) in [4.78, 5) is 31.3. The summed E-state index contributed by atoms with van der Waals surface area (Å²) >= 11 is 0. The van der Waals surface area contributed by atoms with Gasteiger partial charge in [-0.1, -0.05) is 6.92 Å². The van der Waals surface area contributed by atoms with Gasteiger partial charge in [-0.2, -0.15) is 0 Å². The first kappa shape index (κ1) is 31.2. The number of piperidine rings is 1. The van der Waals surface area contributed by atoms with Crippen LogP contribution >= 0.6 is 0 Å². The van der Waals surface area contributed by atoms with Crippen LogP contribution in [0.2, 0.25) is 0 Å². The molecule has 10 heteroatoms. The van der Waals surface area contributed by atoms with Crippen molar-refractivity contribution in [3.05, 3.63) is 28.8 Å². The molecule has 1 aromatic carbocycles. The molecule has 4 unspecified atom stereocenters. The van der Waals surface area contributed by atoms with Crippen molar-refractivity contribution in [1.82, 2.24) is 26.0 Å². The lowest BCUT2D eigenvalue weighted by atomic mass is 9.84. The van der Waals surface area contributed by atoms with Crippen molar-refractivity contribution in [3.8, 4) is 0 Å². The van der Waals surface area contributed by atoms with Crippen molar-refractivity contribution < 1.29 is 14.3 Å². The molecule has 4 fully saturated rings. The first-order valence-electron chi connectivity index (χ1n) is 16.2. The minimum absolute atomic E-state index is 0.0390. The number of nitrogens with two attached hydrogens (primary N) is 1. The van der Waals surface area contributed by atoms with Gasteiger partial charge in [0.15, 0.2) is 0 Å². The minimum atomic E-state index is -0.207. The van der Waals surface area contributed by atoms with Gasteiger partial charge in [-0.3, -0.25) is 19.9 Å². The van der Waals surface area contributed by atoms with E-state index in [0.29, 0.717) is 30.1 Å². The molecule has 2 amide bonds. The van der Waals surface area contributed by atoms with Crippen LogP contribution in [-0.4, -0.2) is 106 Å². The van der Waals surface area contributed by atoms with Gasteiger partial charge in [0.1, 0.15) is 0 Å². The summed E-state index contributed by atoms with van der Waals surface area (Å²) in [6, 6.07) is 5.30. The summed E-state index contributed by atoms with van der Waals surface area (Å²) in [5, 5.41) is 8.53. The zero-order valence-electron chi connectivity index (χ0n) is 26.2. The third-order valence-electron chi connectivity index (χ3n) is 10.2. The van der Waals surface area contributed by atoms with E-state index in [0.717, 1.165) is 95.8 Å². The Balaban J connectivity index is 1.32. The zero-order valence-corrected chi connectivity index (χ0v) is 26.2. The van der Waals surface area contributed by atoms with Gasteiger partial charge in [-0.15, -0.1) is 0 Å². The van der Waals surface area contributed by atoms with E-state index < -0.39 is 0 Å². The maximum Gasteiger partial charge on any atom is 0.251 e. The molecule has 234 valence electrons. The summed E-state index contributed by atoms with van der Waals surface area (Å²) in [5.74, 6) is 0.259. The number of nitrogens with zero attached hydrogens (tertiary/aromatic N) is 3. The Bertz CT molecular complexity index is 1090. The normalized spacial score (nSPS) is 31.1. The number of morpholine rings is 1. The summed E-state index contributed by atoms with van der Waals surface area (Å²) in [5.41, 5.74) is 13.9. The molecule has 4 aliphatic rings. The lowest BCUT2D eigenvalue weighted by Gasteiger charge is -2.36. The van der Waals surface area contributed by atoms with Crippen LogP contribution in [0.1, 0.15) is 73.4 Å². The van der Waals surface area contributed by atoms with Crippen molar-refractivity contribution in [3.63, 3.8) is 0 Å². The largest absolute Gasteiger partial charge is 0.379 e. The Labute approximate surface area is 252 Å². The molecule has 1 saturated carbocycles. The number of hydrogen-bond acceptors (Lipinski definition) is 8. The van der Waals surface area contributed by atoms with Gasteiger partial charge < -0.3 is 26.0 Å². The fourth-order valence-electron chi connectivity index (χ4n) is 7.34. The highest BCUT2D eigenvalue weighted by Crippen LogP contribution is 2.34. The third-order valence-corrected chi connectivity index (χ3v) is 10.2. The van der Waals surface area contributed by atoms with Crippen LogP contribution in [0.4, 0.5) is 5.69 Å². The average Bonchev–Trinajstić information content (AvgIpc) is 3.45. The van der Waals surface area contributed by atoms with E-state index in [1.54, 1.807) is 0 Å². The Morgan fingerprint density at radius 2 is 1.88 bits per heavy atom. The van der Waals surface area contributed by atoms with Crippen molar-refractivity contribution in [1.29, 1.82) is 0 Å². The van der Waals surface area contributed by atoms with Crippen molar-refractivity contribution >= 4 is 17.5 Å². The van der Waals surface area contributed by atoms with Crippen LogP contribution in [-0.2, 0) is 9.53 Å². The molecule has 3 aliphatic heterocycles. The fraction of sp³-hybridized carbons (Fsp3) is 0.750. The summed E-state index contributed by atoms with van der Waals surface area (Å²) in [6.07, 6.45) is 5.13. The Morgan fingerprint density at radius 3 is 2.60 bits per heavy atom. The molecule has 0 aromatic heterocycles. The SMILES string of the molecule is Cc1c(C(=O)NCC2C(=O)NC(C)CC2C)cc(C2CNN(CCN3CCOCC3)C2)cc1N(C)C1CCC(N)CC1. The standard InChI is InChI=1S/C32H53N7O3/c1-21-15-22(2)36-32(41)29(21)19-34-31(40)28-16-24(17-30(23(28)3)37(4)27-7-5-26(33)6-8-27)25-18-35-39(20-25)10-9-38-11-13-42-14-12-38/h16-17,21-22,25-27,29,35H,5-15,18-20,33H2,1-4H3,(H,34,40)(H,36,41). The van der Waals surface area contributed by atoms with Crippen LogP contribution in [0, 0.1) is 18.8 Å². The summed E-state index contributed by atoms with van der Waals surface area (Å²) in [7, 11) is 2.17. The number of hydrogen-bond donors (Lipinski definition) is 4. The first-order chi connectivity index (χ1) is 20.2. The number of anilines is 1. The number of nitrogens with one attached hydrogen (secondary N) is 3. The Kier molecular flexibility index (Phi) is 10.4. The molecule has 42 heavy (non-hydrogen) atoms. The molecule has 0 bridgehead atoms. The number of benzene rings is 1. The number of carbonyl (C=O) groups is 2. The average molecular weight is 584 g/mol. The molecule has 4 atom stereocenters. The lowest BCUT2D eigenvalue weighted by Crippen LogP contribution is -2.50. The number of carbonyl (C=O) groups excluding carboxylic acids is 2. The molecule has 1 aromatic rings. The van der Waals surface area contributed by atoms with Crippen LogP contribution < -0.4 is 26.7 Å². The van der Waals surface area contributed by atoms with E-state index in [4.69, 9.17) is 10.5 Å². The smallest absolute Gasteiger partial charge is 0.251 e. The van der Waals surface area contributed by atoms with Gasteiger partial charge in [-0.25, -0.2) is 5.01 Å². The molecule has 3 heterocycles. The highest BCUT2D eigenvalue weighted by Gasteiger charge is 2.33. The molecule has 5 rings (SSSR count). The van der Waals surface area contributed by atoms with E-state index in [2.05, 4.69) is 63.9 Å². The highest BCUT2D eigenvalue weighted by molar-refractivity contribution is 5.97. The molecule has 0 radical (unpaired) electrons. The second-order valence-corrected chi connectivity index (χ2v) is 13.3. The quantitative estimate of drug-likeness (QED) is 0.348. The van der Waals surface area contributed by atoms with Crippen molar-refractivity contribution in [2.45, 2.75) is 76.9 Å². The zero-order chi connectivity index (χ0) is 29.8. The minimum Gasteiger partial charge on any atom is -0.379 e. The second-order valence-electron chi connectivity index (χ2n) is 13.3. The van der Waals surface area contributed by atoms with E-state index in [-0.39, 0.29) is 29.7 Å². The Morgan fingerprint density at radius 1 is 1.14 bits per heavy atom. The number of rotatable bonds is 9. The fourth-order valence-corrected chi connectivity index (χ4v) is 7.34. The predicted molar refractivity (Wildman–Crippen MR) is 167 cm³/mol. The second kappa shape index (κ2) is 14.0. The van der Waals surface area contributed by atoms with E-state index in [1.165, 1.54) is 5.56 Å². The lowest BCUT2D eigenvalue weighted by molar-refractivity contribution is -0.129. The predicted octanol–water partition coefficient (Wildman–Crippen LogP) is 1.83. The van der Waals surface area contributed by atoms with E-state index in [9.17, 15) is 9.59 Å². The van der Waals surface area contributed by atoms with Crippen molar-refractivity contribution in [2.24, 2.45) is 17.6 Å². The third kappa shape index (κ3) is 7.45. The topological polar surface area (TPSA) is 115 Å². The molecule has 0 spiro atoms. The highest BCUT2D eigenvalue weighted by atomic mass is 16.5. The maximum absolute atomic E-state index is 13.8.